The maximum Gasteiger partial charge on any atom is 0.280 e. The molecule has 2 N–H and O–H groups in total. The number of carbonyl (C=O) groups is 1. The van der Waals surface area contributed by atoms with Gasteiger partial charge in [0.2, 0.25) is 0 Å². The van der Waals surface area contributed by atoms with Crippen molar-refractivity contribution in [3.8, 4) is 0 Å². The standard InChI is InChI=1S/C17H33N3O4S13/c1-25-2-18-5-37(24)16-34-13-32-11-31-12-33-14-35-17(22)20-4-27-9-30-10-29-8-26-3-19-6-36(23)15-28-7-21/h5-6,21H,2-4,7-16H2,1H3,(H,20,22)/b18-5-,19-6+. The van der Waals surface area contributed by atoms with Crippen LogP contribution >= 0.6 is 129 Å². The van der Waals surface area contributed by atoms with Gasteiger partial charge in [0.05, 0.1) is 66.4 Å². The van der Waals surface area contributed by atoms with Crippen LogP contribution in [0.5, 0.6) is 0 Å². The number of nitrogens with one attached hydrogen (secondary N) is 1. The Bertz CT molecular complexity index is 650. The van der Waals surface area contributed by atoms with E-state index in [0.717, 1.165) is 35.6 Å². The second kappa shape index (κ2) is 33.4. The molecule has 0 aliphatic heterocycles. The van der Waals surface area contributed by atoms with Crippen LogP contribution in [0.4, 0.5) is 4.79 Å². The smallest absolute Gasteiger partial charge is 0.280 e. The van der Waals surface area contributed by atoms with Crippen molar-refractivity contribution in [1.29, 1.82) is 0 Å². The maximum atomic E-state index is 11.9. The van der Waals surface area contributed by atoms with Crippen molar-refractivity contribution in [3.63, 3.8) is 0 Å². The number of nitrogens with zero attached hydrogens (tertiary/aromatic N) is 2. The summed E-state index contributed by atoms with van der Waals surface area (Å²) in [4.78, 5) is 20.1. The lowest BCUT2D eigenvalue weighted by atomic mass is 11.2. The predicted molar refractivity (Wildman–Crippen MR) is 197 cm³/mol. The van der Waals surface area contributed by atoms with Gasteiger partial charge < -0.3 is 10.4 Å². The topological polar surface area (TPSA) is 108 Å². The summed E-state index contributed by atoms with van der Waals surface area (Å²) in [6.45, 7) is 0. The Morgan fingerprint density at radius 2 is 1.24 bits per heavy atom. The van der Waals surface area contributed by atoms with Crippen molar-refractivity contribution in [2.45, 2.75) is 0 Å². The van der Waals surface area contributed by atoms with E-state index in [1.54, 1.807) is 64.4 Å². The maximum absolute atomic E-state index is 11.9. The molecule has 0 saturated heterocycles. The third-order valence-corrected chi connectivity index (χ3v) is 17.6. The molecular formula is C17H33N3O4S13. The van der Waals surface area contributed by atoms with Gasteiger partial charge in [-0.1, -0.05) is 11.8 Å². The van der Waals surface area contributed by atoms with Crippen molar-refractivity contribution in [2.75, 3.05) is 75.6 Å². The third-order valence-electron chi connectivity index (χ3n) is 2.84. The highest BCUT2D eigenvalue weighted by atomic mass is 32.3. The number of hydrogen-bond acceptors (Lipinski definition) is 17. The lowest BCUT2D eigenvalue weighted by Crippen LogP contribution is -2.17. The summed E-state index contributed by atoms with van der Waals surface area (Å²) in [6, 6.07) is 0. The van der Waals surface area contributed by atoms with Crippen molar-refractivity contribution in [1.82, 2.24) is 5.32 Å². The SMILES string of the molecule is CSC/N=C\S(=O)CSCSCSCSCSC(=O)NCSCSCSCSC/N=C/S(=O)CSCO. The molecule has 1 amide bonds. The normalized spacial score (nSPS) is 13.5. The average Bonchev–Trinajstić information content (AvgIpc) is 2.89. The quantitative estimate of drug-likeness (QED) is 0.0418. The minimum Gasteiger partial charge on any atom is -0.386 e. The molecule has 2 unspecified atom stereocenters. The van der Waals surface area contributed by atoms with Gasteiger partial charge in [0.1, 0.15) is 0 Å². The van der Waals surface area contributed by atoms with E-state index in [-0.39, 0.29) is 11.2 Å². The Morgan fingerprint density at radius 3 is 1.86 bits per heavy atom. The van der Waals surface area contributed by atoms with Crippen molar-refractivity contribution in [3.05, 3.63) is 0 Å². The molecule has 0 bridgehead atoms. The van der Waals surface area contributed by atoms with Gasteiger partial charge in [-0.2, -0.15) is 0 Å². The first-order valence-corrected chi connectivity index (χ1v) is 25.6. The fraction of sp³-hybridized carbons (Fsp3) is 0.824. The Labute approximate surface area is 273 Å². The van der Waals surface area contributed by atoms with Crippen LogP contribution in [0, 0.1) is 0 Å². The molecular weight excluding hydrogens is 727 g/mol. The van der Waals surface area contributed by atoms with Gasteiger partial charge in [-0.05, 0) is 6.26 Å². The molecule has 37 heavy (non-hydrogen) atoms. The molecule has 0 aromatic rings. The van der Waals surface area contributed by atoms with Crippen molar-refractivity contribution < 1.29 is 18.3 Å². The number of aliphatic hydroxyl groups is 1. The zero-order valence-electron chi connectivity index (χ0n) is 20.2. The molecule has 0 aliphatic rings. The largest absolute Gasteiger partial charge is 0.386 e. The van der Waals surface area contributed by atoms with Crippen LogP contribution in [0.1, 0.15) is 0 Å². The van der Waals surface area contributed by atoms with Crippen LogP contribution in [0.2, 0.25) is 0 Å². The number of aliphatic imine (C=N–C) groups is 2. The fourth-order valence-corrected chi connectivity index (χ4v) is 14.7. The van der Waals surface area contributed by atoms with Crippen LogP contribution in [0.3, 0.4) is 0 Å². The molecule has 0 aliphatic carbocycles. The number of amides is 1. The zero-order chi connectivity index (χ0) is 27.2. The van der Waals surface area contributed by atoms with E-state index in [1.807, 2.05) is 53.3 Å². The number of thioether (sulfide) groups is 11. The predicted octanol–water partition coefficient (Wildman–Crippen LogP) is 6.38. The minimum absolute atomic E-state index is 0.0195. The Kier molecular flexibility index (Phi) is 36.1. The lowest BCUT2D eigenvalue weighted by Gasteiger charge is -2.05. The molecule has 0 rings (SSSR count). The molecule has 0 fully saturated rings. The first kappa shape index (κ1) is 39.9. The first-order chi connectivity index (χ1) is 18.1. The summed E-state index contributed by atoms with van der Waals surface area (Å²) in [5.41, 5.74) is 3.00. The van der Waals surface area contributed by atoms with E-state index in [0.29, 0.717) is 27.8 Å². The highest BCUT2D eigenvalue weighted by molar-refractivity contribution is 8.30. The minimum atomic E-state index is -1.11. The second-order valence-corrected chi connectivity index (χ2v) is 22.1. The monoisotopic (exact) mass is 759 g/mol. The zero-order valence-corrected chi connectivity index (χ0v) is 30.8. The number of carbonyl (C=O) groups excluding carboxylic acids is 1. The summed E-state index contributed by atoms with van der Waals surface area (Å²) >= 11 is 18.3. The Morgan fingerprint density at radius 1 is 0.730 bits per heavy atom. The number of aliphatic hydroxyl groups excluding tert-OH is 1. The molecule has 0 spiro atoms. The van der Waals surface area contributed by atoms with E-state index >= 15 is 0 Å². The average molecular weight is 760 g/mol. The van der Waals surface area contributed by atoms with E-state index in [4.69, 9.17) is 5.11 Å². The molecule has 0 aromatic heterocycles. The molecule has 0 saturated carbocycles. The van der Waals surface area contributed by atoms with E-state index in [1.165, 1.54) is 29.1 Å². The van der Waals surface area contributed by atoms with Crippen LogP contribution < -0.4 is 5.32 Å². The summed E-state index contributed by atoms with van der Waals surface area (Å²) < 4.78 is 23.1. The highest BCUT2D eigenvalue weighted by Gasteiger charge is 2.02. The molecule has 0 radical (unpaired) electrons. The summed E-state index contributed by atoms with van der Waals surface area (Å²) in [5, 5.41) is 19.1. The fourth-order valence-electron chi connectivity index (χ4n) is 1.51. The highest BCUT2D eigenvalue weighted by Crippen LogP contribution is 2.24. The van der Waals surface area contributed by atoms with Crippen LogP contribution in [-0.2, 0) is 21.6 Å². The Hall–Kier alpha value is 2.92. The number of hydrogen-bond donors (Lipinski definition) is 2. The third kappa shape index (κ3) is 33.3. The van der Waals surface area contributed by atoms with Gasteiger partial charge in [0, 0.05) is 35.6 Å². The van der Waals surface area contributed by atoms with Crippen molar-refractivity contribution in [2.24, 2.45) is 9.98 Å². The van der Waals surface area contributed by atoms with E-state index in [2.05, 4.69) is 15.3 Å². The molecule has 0 heterocycles. The van der Waals surface area contributed by atoms with Crippen LogP contribution in [0.15, 0.2) is 9.98 Å². The van der Waals surface area contributed by atoms with E-state index in [9.17, 15) is 13.2 Å². The molecule has 2 atom stereocenters. The van der Waals surface area contributed by atoms with Gasteiger partial charge in [0.25, 0.3) is 5.24 Å². The van der Waals surface area contributed by atoms with Gasteiger partial charge >= 0.3 is 0 Å². The molecule has 0 aromatic carbocycles. The van der Waals surface area contributed by atoms with Gasteiger partial charge in [-0.15, -0.1) is 118 Å². The molecule has 7 nitrogen and oxygen atoms in total. The molecule has 20 heteroatoms. The van der Waals surface area contributed by atoms with Gasteiger partial charge in [-0.25, -0.2) is 0 Å². The molecule has 218 valence electrons. The second-order valence-electron chi connectivity index (χ2n) is 5.66. The van der Waals surface area contributed by atoms with Gasteiger partial charge in [-0.3, -0.25) is 23.2 Å². The lowest BCUT2D eigenvalue weighted by molar-refractivity contribution is 0.262. The van der Waals surface area contributed by atoms with Gasteiger partial charge in [0.15, 0.2) is 0 Å². The summed E-state index contributed by atoms with van der Waals surface area (Å²) in [5.74, 6) is 1.87. The van der Waals surface area contributed by atoms with Crippen molar-refractivity contribution >= 4 is 167 Å². The summed E-state index contributed by atoms with van der Waals surface area (Å²) in [6.07, 6.45) is 1.97. The van der Waals surface area contributed by atoms with Crippen LogP contribution in [-0.4, -0.2) is 105 Å². The van der Waals surface area contributed by atoms with E-state index < -0.39 is 21.6 Å². The first-order valence-electron chi connectivity index (χ1n) is 10.0. The summed E-state index contributed by atoms with van der Waals surface area (Å²) in [7, 11) is -2.08. The number of rotatable bonds is 27. The Balaban J connectivity index is 3.31. The van der Waals surface area contributed by atoms with Crippen LogP contribution in [0.25, 0.3) is 0 Å².